The van der Waals surface area contributed by atoms with Crippen molar-refractivity contribution in [3.63, 3.8) is 0 Å². The van der Waals surface area contributed by atoms with Gasteiger partial charge in [-0.1, -0.05) is 60.8 Å². The molecule has 0 aliphatic rings. The third-order valence-electron chi connectivity index (χ3n) is 3.08. The quantitative estimate of drug-likeness (QED) is 0.480. The lowest BCUT2D eigenvalue weighted by Gasteiger charge is -2.04. The molecule has 2 rings (SSSR count). The van der Waals surface area contributed by atoms with Crippen LogP contribution in [0.5, 0.6) is 0 Å². The Hall–Kier alpha value is -0.960. The van der Waals surface area contributed by atoms with Crippen LogP contribution in [0.3, 0.4) is 0 Å². The van der Waals surface area contributed by atoms with Gasteiger partial charge in [-0.05, 0) is 30.2 Å². The number of carbonyl (C=O) groups is 1. The Morgan fingerprint density at radius 1 is 1.05 bits per heavy atom. The molecule has 110 valence electrons. The lowest BCUT2D eigenvalue weighted by molar-refractivity contribution is 0.102. The summed E-state index contributed by atoms with van der Waals surface area (Å²) in [6.07, 6.45) is 2.16. The first-order valence-corrected chi connectivity index (χ1v) is 8.54. The summed E-state index contributed by atoms with van der Waals surface area (Å²) in [5.74, 6) is 0.513. The van der Waals surface area contributed by atoms with Crippen LogP contribution in [0.1, 0.15) is 29.3 Å². The van der Waals surface area contributed by atoms with E-state index >= 15 is 0 Å². The highest BCUT2D eigenvalue weighted by Crippen LogP contribution is 2.28. The number of aryl methyl sites for hydroxylation is 1. The number of hydrogen-bond acceptors (Lipinski definition) is 2. The highest BCUT2D eigenvalue weighted by molar-refractivity contribution is 8.00. The first kappa shape index (κ1) is 16.4. The molecule has 0 fully saturated rings. The van der Waals surface area contributed by atoms with Crippen LogP contribution >= 0.6 is 35.0 Å². The maximum Gasteiger partial charge on any atom is 0.173 e. The van der Waals surface area contributed by atoms with Crippen LogP contribution in [0.15, 0.2) is 47.4 Å². The van der Waals surface area contributed by atoms with E-state index in [1.165, 1.54) is 17.3 Å². The number of ketones is 1. The van der Waals surface area contributed by atoms with Crippen molar-refractivity contribution < 1.29 is 4.79 Å². The first-order chi connectivity index (χ1) is 10.1. The normalized spacial score (nSPS) is 10.6. The van der Waals surface area contributed by atoms with E-state index in [2.05, 4.69) is 6.92 Å². The van der Waals surface area contributed by atoms with Gasteiger partial charge < -0.3 is 0 Å². The van der Waals surface area contributed by atoms with Crippen LogP contribution in [-0.2, 0) is 6.42 Å². The fourth-order valence-electron chi connectivity index (χ4n) is 1.94. The number of thioether (sulfide) groups is 1. The molecule has 0 aliphatic carbocycles. The van der Waals surface area contributed by atoms with Gasteiger partial charge in [0.15, 0.2) is 5.78 Å². The van der Waals surface area contributed by atoms with Crippen LogP contribution in [0.25, 0.3) is 0 Å². The van der Waals surface area contributed by atoms with Gasteiger partial charge in [-0.25, -0.2) is 0 Å². The van der Waals surface area contributed by atoms with Crippen LogP contribution in [0.2, 0.25) is 10.0 Å². The zero-order valence-corrected chi connectivity index (χ0v) is 14.1. The predicted molar refractivity (Wildman–Crippen MR) is 92.0 cm³/mol. The van der Waals surface area contributed by atoms with Gasteiger partial charge >= 0.3 is 0 Å². The second-order valence-corrected chi connectivity index (χ2v) is 6.60. The van der Waals surface area contributed by atoms with Gasteiger partial charge in [-0.3, -0.25) is 4.79 Å². The minimum absolute atomic E-state index is 0.120. The Morgan fingerprint density at radius 2 is 1.76 bits per heavy atom. The number of rotatable bonds is 6. The first-order valence-electron chi connectivity index (χ1n) is 6.80. The van der Waals surface area contributed by atoms with Crippen LogP contribution in [0.4, 0.5) is 0 Å². The predicted octanol–water partition coefficient (Wildman–Crippen LogP) is 5.92. The van der Waals surface area contributed by atoms with Gasteiger partial charge in [0.05, 0.1) is 15.8 Å². The molecule has 2 aromatic rings. The molecule has 0 amide bonds. The molecule has 0 saturated heterocycles. The lowest BCUT2D eigenvalue weighted by Crippen LogP contribution is -2.02. The lowest BCUT2D eigenvalue weighted by atomic mass is 10.1. The summed E-state index contributed by atoms with van der Waals surface area (Å²) in [5.41, 5.74) is 2.02. The molecule has 0 unspecified atom stereocenters. The van der Waals surface area contributed by atoms with Gasteiger partial charge in [0.2, 0.25) is 0 Å². The summed E-state index contributed by atoms with van der Waals surface area (Å²) < 4.78 is 0. The average Bonchev–Trinajstić information content (AvgIpc) is 2.49. The summed E-state index contributed by atoms with van der Waals surface area (Å²) >= 11 is 13.3. The van der Waals surface area contributed by atoms with E-state index in [-0.39, 0.29) is 5.78 Å². The number of carbonyl (C=O) groups excluding carboxylic acids is 1. The third-order valence-corrected chi connectivity index (χ3v) is 4.81. The molecule has 0 spiro atoms. The zero-order chi connectivity index (χ0) is 15.2. The van der Waals surface area contributed by atoms with Crippen molar-refractivity contribution in [1.29, 1.82) is 0 Å². The topological polar surface area (TPSA) is 17.1 Å². The SMILES string of the molecule is CCCc1ccc(C(=O)CSc2ccc(Cl)c(Cl)c2)cc1. The molecule has 0 N–H and O–H groups in total. The van der Waals surface area contributed by atoms with E-state index in [0.29, 0.717) is 15.8 Å². The minimum atomic E-state index is 0.120. The molecular formula is C17H16Cl2OS. The van der Waals surface area contributed by atoms with Crippen molar-refractivity contribution in [1.82, 2.24) is 0 Å². The number of benzene rings is 2. The van der Waals surface area contributed by atoms with E-state index in [4.69, 9.17) is 23.2 Å². The van der Waals surface area contributed by atoms with Gasteiger partial charge in [0.1, 0.15) is 0 Å². The largest absolute Gasteiger partial charge is 0.293 e. The molecule has 0 aromatic heterocycles. The minimum Gasteiger partial charge on any atom is -0.293 e. The zero-order valence-electron chi connectivity index (χ0n) is 11.7. The van der Waals surface area contributed by atoms with Crippen molar-refractivity contribution in [3.8, 4) is 0 Å². The van der Waals surface area contributed by atoms with Crippen molar-refractivity contribution in [2.45, 2.75) is 24.7 Å². The molecule has 0 radical (unpaired) electrons. The van der Waals surface area contributed by atoms with Gasteiger partial charge in [0, 0.05) is 10.5 Å². The van der Waals surface area contributed by atoms with E-state index < -0.39 is 0 Å². The Balaban J connectivity index is 1.96. The van der Waals surface area contributed by atoms with Crippen LogP contribution in [0, 0.1) is 0 Å². The Morgan fingerprint density at radius 3 is 2.38 bits per heavy atom. The maximum absolute atomic E-state index is 12.2. The molecule has 4 heteroatoms. The van der Waals surface area contributed by atoms with Gasteiger partial charge in [-0.15, -0.1) is 11.8 Å². The summed E-state index contributed by atoms with van der Waals surface area (Å²) in [5, 5.41) is 1.04. The monoisotopic (exact) mass is 338 g/mol. The van der Waals surface area contributed by atoms with Crippen molar-refractivity contribution in [3.05, 3.63) is 63.6 Å². The fraction of sp³-hybridized carbons (Fsp3) is 0.235. The third kappa shape index (κ3) is 4.77. The van der Waals surface area contributed by atoms with Gasteiger partial charge in [-0.2, -0.15) is 0 Å². The molecule has 0 atom stereocenters. The summed E-state index contributed by atoms with van der Waals surface area (Å²) in [6.45, 7) is 2.15. The highest BCUT2D eigenvalue weighted by atomic mass is 35.5. The highest BCUT2D eigenvalue weighted by Gasteiger charge is 2.08. The molecule has 1 nitrogen and oxygen atoms in total. The standard InChI is InChI=1S/C17H16Cl2OS/c1-2-3-12-4-6-13(7-5-12)17(20)11-21-14-8-9-15(18)16(19)10-14/h4-10H,2-3,11H2,1H3. The second-order valence-electron chi connectivity index (χ2n) is 4.73. The fourth-order valence-corrected chi connectivity index (χ4v) is 3.14. The molecule has 21 heavy (non-hydrogen) atoms. The molecule has 0 bridgehead atoms. The van der Waals surface area contributed by atoms with Crippen molar-refractivity contribution in [2.24, 2.45) is 0 Å². The number of hydrogen-bond donors (Lipinski definition) is 0. The Kier molecular flexibility index (Phi) is 6.16. The molecular weight excluding hydrogens is 323 g/mol. The van der Waals surface area contributed by atoms with Gasteiger partial charge in [0.25, 0.3) is 0 Å². The number of Topliss-reactive ketones (excluding diaryl/α,β-unsaturated/α-hetero) is 1. The average molecular weight is 339 g/mol. The summed E-state index contributed by atoms with van der Waals surface area (Å²) in [6, 6.07) is 13.3. The van der Waals surface area contributed by atoms with Crippen molar-refractivity contribution >= 4 is 40.7 Å². The Bertz CT molecular complexity index is 623. The maximum atomic E-state index is 12.2. The van der Waals surface area contributed by atoms with Crippen molar-refractivity contribution in [2.75, 3.05) is 5.75 Å². The van der Waals surface area contributed by atoms with Crippen LogP contribution < -0.4 is 0 Å². The molecule has 0 aliphatic heterocycles. The van der Waals surface area contributed by atoms with E-state index in [1.54, 1.807) is 12.1 Å². The molecule has 2 aromatic carbocycles. The van der Waals surface area contributed by atoms with E-state index in [9.17, 15) is 4.79 Å². The summed E-state index contributed by atoms with van der Waals surface area (Å²) in [4.78, 5) is 13.1. The smallest absolute Gasteiger partial charge is 0.173 e. The van der Waals surface area contributed by atoms with Crippen LogP contribution in [-0.4, -0.2) is 11.5 Å². The second kappa shape index (κ2) is 7.88. The molecule has 0 saturated carbocycles. The van der Waals surface area contributed by atoms with E-state index in [0.717, 1.165) is 23.3 Å². The van der Waals surface area contributed by atoms with E-state index in [1.807, 2.05) is 30.3 Å². The number of halogens is 2. The summed E-state index contributed by atoms with van der Waals surface area (Å²) in [7, 11) is 0. The Labute approximate surface area is 139 Å². The molecule has 0 heterocycles.